The summed E-state index contributed by atoms with van der Waals surface area (Å²) in [7, 11) is 3.19. The number of benzene rings is 3. The number of nitro benzene ring substituents is 1. The highest BCUT2D eigenvalue weighted by Crippen LogP contribution is 2.40. The third-order valence-electron chi connectivity index (χ3n) is 4.71. The van der Waals surface area contributed by atoms with Gasteiger partial charge in [-0.05, 0) is 42.5 Å². The number of hydrogen-bond donors (Lipinski definition) is 1. The third-order valence-corrected chi connectivity index (χ3v) is 4.71. The van der Waals surface area contributed by atoms with E-state index in [4.69, 9.17) is 4.74 Å². The van der Waals surface area contributed by atoms with Gasteiger partial charge in [0, 0.05) is 19.8 Å². The van der Waals surface area contributed by atoms with Gasteiger partial charge in [-0.2, -0.15) is 13.2 Å². The first-order valence-corrected chi connectivity index (χ1v) is 10.6. The van der Waals surface area contributed by atoms with Gasteiger partial charge in [-0.15, -0.1) is 0 Å². The minimum Gasteiger partial charge on any atom is -0.455 e. The Morgan fingerprint density at radius 2 is 1.64 bits per heavy atom. The van der Waals surface area contributed by atoms with Gasteiger partial charge in [0.25, 0.3) is 5.69 Å². The van der Waals surface area contributed by atoms with E-state index in [9.17, 15) is 32.1 Å². The molecule has 0 amide bonds. The summed E-state index contributed by atoms with van der Waals surface area (Å²) >= 11 is 0. The Morgan fingerprint density at radius 3 is 2.17 bits per heavy atom. The molecule has 0 spiro atoms. The largest absolute Gasteiger partial charge is 0.455 e. The lowest BCUT2D eigenvalue weighted by atomic mass is 10.1. The highest BCUT2D eigenvalue weighted by Gasteiger charge is 2.31. The molecule has 0 saturated carbocycles. The van der Waals surface area contributed by atoms with Crippen molar-refractivity contribution >= 4 is 22.8 Å². The average Bonchev–Trinajstić information content (AvgIpc) is 2.80. The second kappa shape index (κ2) is 11.5. The Balaban J connectivity index is 0.00000222. The van der Waals surface area contributed by atoms with Crippen molar-refractivity contribution in [2.24, 2.45) is 0 Å². The van der Waals surface area contributed by atoms with Crippen LogP contribution in [0.15, 0.2) is 61.2 Å². The highest BCUT2D eigenvalue weighted by molar-refractivity contribution is 5.80. The molecule has 3 rings (SSSR count). The SMILES string of the molecule is C=C(Nc1ccc(Oc2cc(C(F)(F)F)ccc2N(C)C)cc1[N+](=O)[O-])c1c(F)cccc1F.CC. The molecule has 0 unspecified atom stereocenters. The highest BCUT2D eigenvalue weighted by atomic mass is 19.4. The molecule has 0 aliphatic rings. The summed E-state index contributed by atoms with van der Waals surface area (Å²) < 4.78 is 73.0. The van der Waals surface area contributed by atoms with E-state index >= 15 is 0 Å². The Labute approximate surface area is 204 Å². The van der Waals surface area contributed by atoms with Crippen LogP contribution in [-0.2, 0) is 6.18 Å². The van der Waals surface area contributed by atoms with Gasteiger partial charge in [-0.3, -0.25) is 10.1 Å². The van der Waals surface area contributed by atoms with Crippen LogP contribution in [0.3, 0.4) is 0 Å². The molecule has 11 heteroatoms. The van der Waals surface area contributed by atoms with Crippen molar-refractivity contribution in [1.29, 1.82) is 0 Å². The summed E-state index contributed by atoms with van der Waals surface area (Å²) in [6.07, 6.45) is -4.62. The smallest absolute Gasteiger partial charge is 0.416 e. The molecule has 0 atom stereocenters. The Hall–Kier alpha value is -4.15. The van der Waals surface area contributed by atoms with Gasteiger partial charge in [0.15, 0.2) is 5.75 Å². The summed E-state index contributed by atoms with van der Waals surface area (Å²) in [6, 6.07) is 9.51. The Morgan fingerprint density at radius 1 is 1.03 bits per heavy atom. The van der Waals surface area contributed by atoms with Gasteiger partial charge in [0.05, 0.1) is 27.8 Å². The first kappa shape index (κ1) is 28.1. The molecule has 0 saturated heterocycles. The fourth-order valence-corrected chi connectivity index (χ4v) is 3.11. The number of nitrogens with zero attached hydrogens (tertiary/aromatic N) is 2. The lowest BCUT2D eigenvalue weighted by molar-refractivity contribution is -0.384. The van der Waals surface area contributed by atoms with Crippen LogP contribution in [0.1, 0.15) is 25.0 Å². The van der Waals surface area contributed by atoms with Crippen LogP contribution in [0.5, 0.6) is 11.5 Å². The summed E-state index contributed by atoms with van der Waals surface area (Å²) in [6.45, 7) is 7.54. The quantitative estimate of drug-likeness (QED) is 0.200. The van der Waals surface area contributed by atoms with Crippen LogP contribution in [-0.4, -0.2) is 19.0 Å². The monoisotopic (exact) mass is 509 g/mol. The maximum atomic E-state index is 14.0. The minimum atomic E-state index is -4.62. The first-order valence-electron chi connectivity index (χ1n) is 10.6. The van der Waals surface area contributed by atoms with Gasteiger partial charge in [-0.25, -0.2) is 8.78 Å². The molecular weight excluding hydrogens is 485 g/mol. The van der Waals surface area contributed by atoms with Crippen molar-refractivity contribution in [1.82, 2.24) is 0 Å². The van der Waals surface area contributed by atoms with Crippen molar-refractivity contribution < 1.29 is 31.6 Å². The molecule has 0 aliphatic carbocycles. The molecule has 6 nitrogen and oxygen atoms in total. The predicted molar refractivity (Wildman–Crippen MR) is 129 cm³/mol. The number of rotatable bonds is 7. The van der Waals surface area contributed by atoms with Crippen molar-refractivity contribution in [3.05, 3.63) is 94.1 Å². The molecule has 36 heavy (non-hydrogen) atoms. The molecular formula is C25H24F5N3O3. The number of hydrogen-bond acceptors (Lipinski definition) is 5. The summed E-state index contributed by atoms with van der Waals surface area (Å²) in [4.78, 5) is 12.4. The number of halogens is 5. The van der Waals surface area contributed by atoms with Crippen LogP contribution < -0.4 is 15.0 Å². The Bertz CT molecular complexity index is 1240. The lowest BCUT2D eigenvalue weighted by Gasteiger charge is -2.19. The van der Waals surface area contributed by atoms with E-state index in [1.807, 2.05) is 13.8 Å². The number of alkyl halides is 3. The van der Waals surface area contributed by atoms with Crippen molar-refractivity contribution in [2.45, 2.75) is 20.0 Å². The van der Waals surface area contributed by atoms with Crippen LogP contribution in [0.25, 0.3) is 5.70 Å². The third kappa shape index (κ3) is 6.49. The molecule has 0 aromatic heterocycles. The van der Waals surface area contributed by atoms with Gasteiger partial charge < -0.3 is 15.0 Å². The minimum absolute atomic E-state index is 0.123. The van der Waals surface area contributed by atoms with E-state index in [0.29, 0.717) is 5.69 Å². The van der Waals surface area contributed by atoms with Crippen molar-refractivity contribution in [2.75, 3.05) is 24.3 Å². The van der Waals surface area contributed by atoms with E-state index in [0.717, 1.165) is 36.4 Å². The molecule has 0 fully saturated rings. The topological polar surface area (TPSA) is 67.6 Å². The van der Waals surface area contributed by atoms with E-state index in [2.05, 4.69) is 11.9 Å². The fourth-order valence-electron chi connectivity index (χ4n) is 3.11. The van der Waals surface area contributed by atoms with Crippen LogP contribution in [0, 0.1) is 21.7 Å². The second-order valence-electron chi connectivity index (χ2n) is 7.31. The maximum absolute atomic E-state index is 14.0. The number of nitro groups is 1. The van der Waals surface area contributed by atoms with E-state index in [1.165, 1.54) is 23.1 Å². The molecule has 0 bridgehead atoms. The molecule has 3 aromatic rings. The molecule has 0 heterocycles. The van der Waals surface area contributed by atoms with Gasteiger partial charge in [-0.1, -0.05) is 26.5 Å². The molecule has 192 valence electrons. The maximum Gasteiger partial charge on any atom is 0.416 e. The predicted octanol–water partition coefficient (Wildman–Crippen LogP) is 7.86. The summed E-state index contributed by atoms with van der Waals surface area (Å²) in [5, 5.41) is 14.1. The van der Waals surface area contributed by atoms with Crippen molar-refractivity contribution in [3.63, 3.8) is 0 Å². The summed E-state index contributed by atoms with van der Waals surface area (Å²) in [5.74, 6) is -2.13. The van der Waals surface area contributed by atoms with Crippen LogP contribution in [0.4, 0.5) is 39.0 Å². The van der Waals surface area contributed by atoms with Crippen molar-refractivity contribution in [3.8, 4) is 11.5 Å². The normalized spacial score (nSPS) is 10.7. The molecule has 1 N–H and O–H groups in total. The first-order chi connectivity index (χ1) is 16.9. The molecule has 0 aliphatic heterocycles. The van der Waals surface area contributed by atoms with Gasteiger partial charge >= 0.3 is 6.18 Å². The summed E-state index contributed by atoms with van der Waals surface area (Å²) in [5.41, 5.74) is -2.10. The lowest BCUT2D eigenvalue weighted by Crippen LogP contribution is -2.12. The standard InChI is InChI=1S/C23H18F5N3O3.C2H6/c1-13(22-16(24)5-4-6-17(22)25)29-18-9-8-15(12-20(18)31(32)33)34-21-11-14(23(26,27)28)7-10-19(21)30(2)3;1-2/h4-12,29H,1H2,2-3H3;1-2H3. The average molecular weight is 509 g/mol. The van der Waals surface area contributed by atoms with Gasteiger partial charge in [0.2, 0.25) is 0 Å². The molecule has 0 radical (unpaired) electrons. The van der Waals surface area contributed by atoms with E-state index in [-0.39, 0.29) is 22.9 Å². The van der Waals surface area contributed by atoms with Crippen LogP contribution in [0.2, 0.25) is 0 Å². The number of nitrogens with one attached hydrogen (secondary N) is 1. The number of ether oxygens (including phenoxy) is 1. The second-order valence-corrected chi connectivity index (χ2v) is 7.31. The zero-order valence-electron chi connectivity index (χ0n) is 19.9. The van der Waals surface area contributed by atoms with E-state index in [1.54, 1.807) is 14.1 Å². The Kier molecular flexibility index (Phi) is 8.99. The zero-order chi connectivity index (χ0) is 27.2. The van der Waals surface area contributed by atoms with Gasteiger partial charge in [0.1, 0.15) is 23.1 Å². The molecule has 3 aromatic carbocycles. The van der Waals surface area contributed by atoms with Crippen LogP contribution >= 0.6 is 0 Å². The fraction of sp³-hybridized carbons (Fsp3) is 0.200. The number of anilines is 2. The zero-order valence-corrected chi connectivity index (χ0v) is 19.9. The van der Waals surface area contributed by atoms with E-state index < -0.39 is 39.5 Å².